The molecule has 0 aromatic heterocycles. The molecule has 1 aliphatic heterocycles. The Morgan fingerprint density at radius 3 is 2.40 bits per heavy atom. The number of aliphatic hydroxyl groups is 1. The summed E-state index contributed by atoms with van der Waals surface area (Å²) < 4.78 is 27.1. The van der Waals surface area contributed by atoms with E-state index in [1.807, 2.05) is 0 Å². The van der Waals surface area contributed by atoms with Crippen molar-refractivity contribution in [2.75, 3.05) is 18.5 Å². The van der Waals surface area contributed by atoms with Crippen LogP contribution in [0.5, 0.6) is 0 Å². The first kappa shape index (κ1) is 14.4. The van der Waals surface area contributed by atoms with Gasteiger partial charge in [-0.05, 0) is 12.1 Å². The third kappa shape index (κ3) is 2.63. The summed E-state index contributed by atoms with van der Waals surface area (Å²) in [5, 5.41) is 10.8. The fourth-order valence-corrected chi connectivity index (χ4v) is 1.90. The summed E-state index contributed by atoms with van der Waals surface area (Å²) in [7, 11) is 0. The predicted octanol–water partition coefficient (Wildman–Crippen LogP) is 1.28. The standard InChI is InChI=1S/C12H9ClF2N2O3/c13-6-3-7(14)11(8(15)4-6)16-9-5-10(19)17(1-2-18)12(9)20/h3-5,16,18H,1-2H2. The van der Waals surface area contributed by atoms with Crippen molar-refractivity contribution >= 4 is 29.1 Å². The summed E-state index contributed by atoms with van der Waals surface area (Å²) in [6.07, 6.45) is 0.908. The minimum absolute atomic E-state index is 0.129. The summed E-state index contributed by atoms with van der Waals surface area (Å²) in [4.78, 5) is 24.0. The van der Waals surface area contributed by atoms with Gasteiger partial charge in [-0.25, -0.2) is 8.78 Å². The molecule has 1 heterocycles. The maximum atomic E-state index is 13.6. The lowest BCUT2D eigenvalue weighted by molar-refractivity contribution is -0.137. The van der Waals surface area contributed by atoms with Gasteiger partial charge in [0.25, 0.3) is 11.8 Å². The molecule has 0 bridgehead atoms. The first-order valence-corrected chi connectivity index (χ1v) is 5.91. The average molecular weight is 303 g/mol. The highest BCUT2D eigenvalue weighted by atomic mass is 35.5. The van der Waals surface area contributed by atoms with Gasteiger partial charge in [0, 0.05) is 11.1 Å². The van der Waals surface area contributed by atoms with E-state index in [1.54, 1.807) is 0 Å². The van der Waals surface area contributed by atoms with Crippen molar-refractivity contribution in [3.8, 4) is 0 Å². The van der Waals surface area contributed by atoms with Crippen LogP contribution in [-0.4, -0.2) is 35.0 Å². The van der Waals surface area contributed by atoms with Gasteiger partial charge >= 0.3 is 0 Å². The summed E-state index contributed by atoms with van der Waals surface area (Å²) in [6.45, 7) is -0.590. The smallest absolute Gasteiger partial charge is 0.277 e. The third-order valence-electron chi connectivity index (χ3n) is 2.60. The molecule has 8 heteroatoms. The first-order chi connectivity index (χ1) is 9.43. The van der Waals surface area contributed by atoms with E-state index in [1.165, 1.54) is 0 Å². The minimum Gasteiger partial charge on any atom is -0.395 e. The fraction of sp³-hybridized carbons (Fsp3) is 0.167. The second kappa shape index (κ2) is 5.56. The van der Waals surface area contributed by atoms with Crippen LogP contribution >= 0.6 is 11.6 Å². The SMILES string of the molecule is O=C1C=C(Nc2c(F)cc(Cl)cc2F)C(=O)N1CCO. The Morgan fingerprint density at radius 1 is 1.25 bits per heavy atom. The van der Waals surface area contributed by atoms with Gasteiger partial charge in [-0.2, -0.15) is 0 Å². The van der Waals surface area contributed by atoms with E-state index in [9.17, 15) is 18.4 Å². The number of rotatable bonds is 4. The molecule has 1 aromatic rings. The van der Waals surface area contributed by atoms with Gasteiger partial charge in [-0.1, -0.05) is 11.6 Å². The van der Waals surface area contributed by atoms with Gasteiger partial charge < -0.3 is 10.4 Å². The zero-order chi connectivity index (χ0) is 14.9. The van der Waals surface area contributed by atoms with Crippen molar-refractivity contribution < 1.29 is 23.5 Å². The van der Waals surface area contributed by atoms with Crippen LogP contribution in [0.15, 0.2) is 23.9 Å². The van der Waals surface area contributed by atoms with Crippen molar-refractivity contribution in [2.45, 2.75) is 0 Å². The lowest BCUT2D eigenvalue weighted by atomic mass is 10.2. The van der Waals surface area contributed by atoms with Crippen LogP contribution in [0.2, 0.25) is 5.02 Å². The minimum atomic E-state index is -0.989. The number of hydrogen-bond acceptors (Lipinski definition) is 4. The lowest BCUT2D eigenvalue weighted by Gasteiger charge is -2.14. The quantitative estimate of drug-likeness (QED) is 0.822. The fourth-order valence-electron chi connectivity index (χ4n) is 1.71. The van der Waals surface area contributed by atoms with Crippen molar-refractivity contribution in [2.24, 2.45) is 0 Å². The molecule has 20 heavy (non-hydrogen) atoms. The molecule has 0 fully saturated rings. The van der Waals surface area contributed by atoms with E-state index in [-0.39, 0.29) is 17.3 Å². The highest BCUT2D eigenvalue weighted by molar-refractivity contribution is 6.30. The molecular weight excluding hydrogens is 294 g/mol. The van der Waals surface area contributed by atoms with Gasteiger partial charge in [0.2, 0.25) is 0 Å². The van der Waals surface area contributed by atoms with Crippen LogP contribution in [0.25, 0.3) is 0 Å². The number of benzene rings is 1. The Balaban J connectivity index is 2.26. The van der Waals surface area contributed by atoms with Crippen LogP contribution < -0.4 is 5.32 Å². The second-order valence-corrected chi connectivity index (χ2v) is 4.38. The molecule has 2 amide bonds. The number of aliphatic hydroxyl groups excluding tert-OH is 1. The largest absolute Gasteiger partial charge is 0.395 e. The third-order valence-corrected chi connectivity index (χ3v) is 2.82. The number of halogens is 3. The van der Waals surface area contributed by atoms with Gasteiger partial charge in [0.05, 0.1) is 13.2 Å². The Labute approximate surface area is 117 Å². The van der Waals surface area contributed by atoms with Crippen LogP contribution in [0.1, 0.15) is 0 Å². The molecule has 0 radical (unpaired) electrons. The summed E-state index contributed by atoms with van der Waals surface area (Å²) in [6, 6.07) is 1.75. The number of hydrogen-bond donors (Lipinski definition) is 2. The van der Waals surface area contributed by atoms with Crippen LogP contribution in [-0.2, 0) is 9.59 Å². The molecule has 0 saturated heterocycles. The van der Waals surface area contributed by atoms with Gasteiger partial charge in [-0.15, -0.1) is 0 Å². The number of carbonyl (C=O) groups is 2. The molecule has 1 aromatic carbocycles. The number of imide groups is 1. The number of β-amino-alcohol motifs (C(OH)–C–C–N with tert-alkyl or cyclic N) is 1. The summed E-state index contributed by atoms with van der Waals surface area (Å²) in [5.41, 5.74) is -0.851. The van der Waals surface area contributed by atoms with Gasteiger partial charge in [0.1, 0.15) is 11.4 Å². The highest BCUT2D eigenvalue weighted by Crippen LogP contribution is 2.26. The monoisotopic (exact) mass is 302 g/mol. The highest BCUT2D eigenvalue weighted by Gasteiger charge is 2.31. The second-order valence-electron chi connectivity index (χ2n) is 3.95. The maximum absolute atomic E-state index is 13.6. The molecule has 5 nitrogen and oxygen atoms in total. The molecule has 106 valence electrons. The van der Waals surface area contributed by atoms with Crippen LogP contribution in [0.3, 0.4) is 0 Å². The van der Waals surface area contributed by atoms with Gasteiger partial charge in [-0.3, -0.25) is 14.5 Å². The van der Waals surface area contributed by atoms with Crippen LogP contribution in [0, 0.1) is 11.6 Å². The zero-order valence-electron chi connectivity index (χ0n) is 9.99. The molecule has 0 saturated carbocycles. The molecule has 2 N–H and O–H groups in total. The van der Waals surface area contributed by atoms with Crippen molar-refractivity contribution in [1.29, 1.82) is 0 Å². The summed E-state index contributed by atoms with van der Waals surface area (Å²) in [5.74, 6) is -3.41. The molecule has 0 aliphatic carbocycles. The van der Waals surface area contributed by atoms with E-state index in [0.717, 1.165) is 23.1 Å². The Morgan fingerprint density at radius 2 is 1.85 bits per heavy atom. The summed E-state index contributed by atoms with van der Waals surface area (Å²) >= 11 is 5.48. The Kier molecular flexibility index (Phi) is 4.01. The van der Waals surface area contributed by atoms with E-state index >= 15 is 0 Å². The lowest BCUT2D eigenvalue weighted by Crippen LogP contribution is -2.34. The molecule has 1 aliphatic rings. The maximum Gasteiger partial charge on any atom is 0.277 e. The molecule has 2 rings (SSSR count). The molecule has 0 atom stereocenters. The number of amides is 2. The number of nitrogens with one attached hydrogen (secondary N) is 1. The Hall–Kier alpha value is -1.99. The van der Waals surface area contributed by atoms with Crippen LogP contribution in [0.4, 0.5) is 14.5 Å². The topological polar surface area (TPSA) is 69.6 Å². The van der Waals surface area contributed by atoms with Crippen molar-refractivity contribution in [1.82, 2.24) is 4.90 Å². The van der Waals surface area contributed by atoms with E-state index in [4.69, 9.17) is 16.7 Å². The van der Waals surface area contributed by atoms with Gasteiger partial charge in [0.15, 0.2) is 11.6 Å². The van der Waals surface area contributed by atoms with E-state index in [0.29, 0.717) is 0 Å². The number of nitrogens with zero attached hydrogens (tertiary/aromatic N) is 1. The predicted molar refractivity (Wildman–Crippen MR) is 66.9 cm³/mol. The molecule has 0 unspecified atom stereocenters. The number of anilines is 1. The van der Waals surface area contributed by atoms with E-state index in [2.05, 4.69) is 5.32 Å². The Bertz CT molecular complexity index is 596. The normalized spacial score (nSPS) is 14.8. The molecular formula is C12H9ClF2N2O3. The number of carbonyl (C=O) groups excluding carboxylic acids is 2. The first-order valence-electron chi connectivity index (χ1n) is 5.54. The van der Waals surface area contributed by atoms with Crippen molar-refractivity contribution in [3.05, 3.63) is 40.6 Å². The average Bonchev–Trinajstić information content (AvgIpc) is 2.62. The zero-order valence-corrected chi connectivity index (χ0v) is 10.7. The van der Waals surface area contributed by atoms with Crippen molar-refractivity contribution in [3.63, 3.8) is 0 Å². The molecule has 0 spiro atoms. The van der Waals surface area contributed by atoms with E-state index < -0.39 is 35.7 Å².